The highest BCUT2D eigenvalue weighted by Gasteiger charge is 2.40. The molecule has 0 aromatic heterocycles. The van der Waals surface area contributed by atoms with Crippen molar-refractivity contribution in [3.63, 3.8) is 0 Å². The van der Waals surface area contributed by atoms with Gasteiger partial charge in [0, 0.05) is 23.0 Å². The summed E-state index contributed by atoms with van der Waals surface area (Å²) in [5.74, 6) is -3.72. The zero-order valence-corrected chi connectivity index (χ0v) is 13.6. The van der Waals surface area contributed by atoms with Crippen molar-refractivity contribution in [1.82, 2.24) is 0 Å². The molecule has 0 spiro atoms. The van der Waals surface area contributed by atoms with E-state index < -0.39 is 29.8 Å². The van der Waals surface area contributed by atoms with Gasteiger partial charge in [-0.1, -0.05) is 25.4 Å². The first-order valence-corrected chi connectivity index (χ1v) is 7.67. The Hall–Kier alpha value is -2.08. The van der Waals surface area contributed by atoms with Crippen LogP contribution in [-0.4, -0.2) is 34.1 Å². The molecule has 0 radical (unpaired) electrons. The van der Waals surface area contributed by atoms with E-state index in [1.807, 2.05) is 0 Å². The molecule has 0 saturated heterocycles. The predicted octanol–water partition coefficient (Wildman–Crippen LogP) is 2.43. The van der Waals surface area contributed by atoms with Crippen LogP contribution in [0.15, 0.2) is 18.2 Å². The number of hydrogen-bond donors (Lipinski definition) is 2. The predicted molar refractivity (Wildman–Crippen MR) is 84.6 cm³/mol. The number of benzene rings is 1. The van der Waals surface area contributed by atoms with Crippen molar-refractivity contribution in [2.24, 2.45) is 11.8 Å². The quantitative estimate of drug-likeness (QED) is 0.859. The molecule has 3 atom stereocenters. The summed E-state index contributed by atoms with van der Waals surface area (Å²) in [5.41, 5.74) is 1.23. The van der Waals surface area contributed by atoms with Gasteiger partial charge in [-0.3, -0.25) is 14.5 Å². The van der Waals surface area contributed by atoms with Gasteiger partial charge in [-0.15, -0.1) is 0 Å². The van der Waals surface area contributed by atoms with Crippen LogP contribution in [0, 0.1) is 11.8 Å². The minimum Gasteiger partial charge on any atom is -0.481 e. The SMILES string of the molecule is C[C@H](C[C@@H](C)C(=O)N1c2ccc(Cl)cc2CC1C(=O)O)C(=O)O. The lowest BCUT2D eigenvalue weighted by molar-refractivity contribution is -0.143. The zero-order valence-electron chi connectivity index (χ0n) is 12.8. The smallest absolute Gasteiger partial charge is 0.327 e. The highest BCUT2D eigenvalue weighted by atomic mass is 35.5. The van der Waals surface area contributed by atoms with Crippen LogP contribution < -0.4 is 4.90 Å². The maximum atomic E-state index is 12.7. The number of amides is 1. The molecule has 0 fully saturated rings. The molecule has 124 valence electrons. The highest BCUT2D eigenvalue weighted by Crippen LogP contribution is 2.36. The van der Waals surface area contributed by atoms with E-state index in [9.17, 15) is 19.5 Å². The normalized spacial score (nSPS) is 19.1. The number of carbonyl (C=O) groups is 3. The van der Waals surface area contributed by atoms with E-state index in [0.29, 0.717) is 16.3 Å². The lowest BCUT2D eigenvalue weighted by atomic mass is 9.96. The van der Waals surface area contributed by atoms with E-state index in [2.05, 4.69) is 0 Å². The molecule has 0 bridgehead atoms. The number of aliphatic carboxylic acids is 2. The fraction of sp³-hybridized carbons (Fsp3) is 0.438. The minimum atomic E-state index is -1.09. The second kappa shape index (κ2) is 6.58. The molecule has 7 heteroatoms. The Morgan fingerprint density at radius 2 is 1.91 bits per heavy atom. The van der Waals surface area contributed by atoms with Gasteiger partial charge in [0.1, 0.15) is 6.04 Å². The third kappa shape index (κ3) is 3.47. The third-order valence-corrected chi connectivity index (χ3v) is 4.33. The number of carboxylic acid groups (broad SMARTS) is 2. The third-order valence-electron chi connectivity index (χ3n) is 4.10. The molecule has 1 unspecified atom stereocenters. The van der Waals surface area contributed by atoms with Crippen molar-refractivity contribution >= 4 is 35.1 Å². The summed E-state index contributed by atoms with van der Waals surface area (Å²) in [5, 5.41) is 18.9. The number of halogens is 1. The number of nitrogens with zero attached hydrogens (tertiary/aromatic N) is 1. The number of rotatable bonds is 5. The summed E-state index contributed by atoms with van der Waals surface area (Å²) in [7, 11) is 0. The van der Waals surface area contributed by atoms with Gasteiger partial charge in [0.25, 0.3) is 0 Å². The molecule has 1 amide bonds. The van der Waals surface area contributed by atoms with E-state index in [1.165, 1.54) is 11.8 Å². The van der Waals surface area contributed by atoms with E-state index in [-0.39, 0.29) is 18.7 Å². The largest absolute Gasteiger partial charge is 0.481 e. The van der Waals surface area contributed by atoms with Crippen molar-refractivity contribution in [2.75, 3.05) is 4.90 Å². The van der Waals surface area contributed by atoms with Crippen LogP contribution in [0.25, 0.3) is 0 Å². The molecule has 1 aromatic rings. The summed E-state index contributed by atoms with van der Waals surface area (Å²) >= 11 is 5.93. The van der Waals surface area contributed by atoms with Crippen LogP contribution >= 0.6 is 11.6 Å². The fourth-order valence-electron chi connectivity index (χ4n) is 2.86. The highest BCUT2D eigenvalue weighted by molar-refractivity contribution is 6.30. The molecule has 6 nitrogen and oxygen atoms in total. The Balaban J connectivity index is 2.29. The van der Waals surface area contributed by atoms with Crippen LogP contribution in [0.3, 0.4) is 0 Å². The standard InChI is InChI=1S/C16H18ClNO5/c1-8(5-9(2)15(20)21)14(19)18-12-4-3-11(17)6-10(12)7-13(18)16(22)23/h3-4,6,8-9,13H,5,7H2,1-2H3,(H,20,21)(H,22,23)/t8-,9-,13?/m1/s1. The molecule has 1 aliphatic rings. The Kier molecular flexibility index (Phi) is 4.94. The Bertz CT molecular complexity index is 660. The van der Waals surface area contributed by atoms with Gasteiger partial charge in [-0.05, 0) is 30.2 Å². The molecule has 1 aromatic carbocycles. The molecule has 2 rings (SSSR count). The number of hydrogen-bond acceptors (Lipinski definition) is 3. The Morgan fingerprint density at radius 3 is 2.48 bits per heavy atom. The molecule has 0 saturated carbocycles. The van der Waals surface area contributed by atoms with Crippen molar-refractivity contribution in [3.8, 4) is 0 Å². The van der Waals surface area contributed by atoms with Crippen LogP contribution in [0.5, 0.6) is 0 Å². The zero-order chi connectivity index (χ0) is 17.3. The lowest BCUT2D eigenvalue weighted by Crippen LogP contribution is -2.45. The molecular formula is C16H18ClNO5. The van der Waals surface area contributed by atoms with Crippen LogP contribution in [-0.2, 0) is 20.8 Å². The average molecular weight is 340 g/mol. The van der Waals surface area contributed by atoms with Crippen molar-refractivity contribution < 1.29 is 24.6 Å². The number of carboxylic acids is 2. The second-order valence-corrected chi connectivity index (χ2v) is 6.35. The van der Waals surface area contributed by atoms with Crippen molar-refractivity contribution in [2.45, 2.75) is 32.7 Å². The Morgan fingerprint density at radius 1 is 1.26 bits per heavy atom. The average Bonchev–Trinajstić information content (AvgIpc) is 2.84. The van der Waals surface area contributed by atoms with Gasteiger partial charge >= 0.3 is 11.9 Å². The van der Waals surface area contributed by atoms with Crippen LogP contribution in [0.4, 0.5) is 5.69 Å². The second-order valence-electron chi connectivity index (χ2n) is 5.92. The van der Waals surface area contributed by atoms with Crippen LogP contribution in [0.2, 0.25) is 5.02 Å². The Labute approximate surface area is 138 Å². The minimum absolute atomic E-state index is 0.153. The van der Waals surface area contributed by atoms with Gasteiger partial charge in [-0.2, -0.15) is 0 Å². The maximum absolute atomic E-state index is 12.7. The van der Waals surface area contributed by atoms with Gasteiger partial charge in [0.15, 0.2) is 0 Å². The molecule has 2 N–H and O–H groups in total. The van der Waals surface area contributed by atoms with Gasteiger partial charge in [-0.25, -0.2) is 4.79 Å². The van der Waals surface area contributed by atoms with Gasteiger partial charge in [0.2, 0.25) is 5.91 Å². The maximum Gasteiger partial charge on any atom is 0.327 e. The summed E-state index contributed by atoms with van der Waals surface area (Å²) < 4.78 is 0. The molecule has 0 aliphatic carbocycles. The fourth-order valence-corrected chi connectivity index (χ4v) is 3.05. The molecule has 1 heterocycles. The van der Waals surface area contributed by atoms with Gasteiger partial charge < -0.3 is 10.2 Å². The first-order chi connectivity index (χ1) is 10.7. The van der Waals surface area contributed by atoms with Crippen molar-refractivity contribution in [3.05, 3.63) is 28.8 Å². The summed E-state index contributed by atoms with van der Waals surface area (Å²) in [6.07, 6.45) is 0.345. The van der Waals surface area contributed by atoms with E-state index in [1.54, 1.807) is 25.1 Å². The lowest BCUT2D eigenvalue weighted by Gasteiger charge is -2.26. The number of anilines is 1. The number of carbonyl (C=O) groups excluding carboxylic acids is 1. The summed E-state index contributed by atoms with van der Waals surface area (Å²) in [6, 6.07) is 3.91. The van der Waals surface area contributed by atoms with Crippen molar-refractivity contribution in [1.29, 1.82) is 0 Å². The first-order valence-electron chi connectivity index (χ1n) is 7.29. The molecular weight excluding hydrogens is 322 g/mol. The molecule has 23 heavy (non-hydrogen) atoms. The monoisotopic (exact) mass is 339 g/mol. The summed E-state index contributed by atoms with van der Waals surface area (Å²) in [4.78, 5) is 36.4. The first kappa shape index (κ1) is 17.3. The van der Waals surface area contributed by atoms with E-state index in [4.69, 9.17) is 16.7 Å². The summed E-state index contributed by atoms with van der Waals surface area (Å²) in [6.45, 7) is 3.15. The van der Waals surface area contributed by atoms with Gasteiger partial charge in [0.05, 0.1) is 5.92 Å². The van der Waals surface area contributed by atoms with E-state index >= 15 is 0 Å². The topological polar surface area (TPSA) is 94.9 Å². The molecule has 1 aliphatic heterocycles. The van der Waals surface area contributed by atoms with Crippen LogP contribution in [0.1, 0.15) is 25.8 Å². The number of fused-ring (bicyclic) bond motifs is 1. The van der Waals surface area contributed by atoms with E-state index in [0.717, 1.165) is 0 Å².